The largest absolute Gasteiger partial charge is 0.392 e. The van der Waals surface area contributed by atoms with E-state index in [0.717, 1.165) is 25.3 Å². The molecule has 0 saturated heterocycles. The molecule has 2 rings (SSSR count). The van der Waals surface area contributed by atoms with Crippen molar-refractivity contribution in [2.45, 2.75) is 71.9 Å². The second-order valence-corrected chi connectivity index (χ2v) is 7.20. The molecule has 2 unspecified atom stereocenters. The summed E-state index contributed by atoms with van der Waals surface area (Å²) in [6.07, 6.45) is 5.96. The summed E-state index contributed by atoms with van der Waals surface area (Å²) in [5.74, 6) is 0.883. The summed E-state index contributed by atoms with van der Waals surface area (Å²) in [7, 11) is 0. The molecule has 100 valence electrons. The lowest BCUT2D eigenvalue weighted by molar-refractivity contribution is 0.0855. The van der Waals surface area contributed by atoms with E-state index in [1.165, 1.54) is 19.3 Å². The third-order valence-corrected chi connectivity index (χ3v) is 5.45. The second kappa shape index (κ2) is 4.55. The standard InChI is InChI=1S/C15H29NO/c1-5-6-12(17)10-16-13-14(2,3)11-7-8-15(13,4)9-11/h11-13,16-17H,5-10H2,1-4H3/t11-,12?,13?,15+/m0/s1. The molecular formula is C15H29NO. The van der Waals surface area contributed by atoms with E-state index in [4.69, 9.17) is 0 Å². The number of nitrogens with one attached hydrogen (secondary N) is 1. The van der Waals surface area contributed by atoms with Gasteiger partial charge in [-0.05, 0) is 42.4 Å². The van der Waals surface area contributed by atoms with Gasteiger partial charge in [-0.15, -0.1) is 0 Å². The van der Waals surface area contributed by atoms with Gasteiger partial charge in [-0.1, -0.05) is 34.1 Å². The van der Waals surface area contributed by atoms with Crippen molar-refractivity contribution in [2.75, 3.05) is 6.54 Å². The van der Waals surface area contributed by atoms with Crippen LogP contribution in [0.5, 0.6) is 0 Å². The summed E-state index contributed by atoms with van der Waals surface area (Å²) in [5, 5.41) is 13.5. The predicted molar refractivity (Wildman–Crippen MR) is 71.9 cm³/mol. The molecule has 0 aromatic rings. The number of rotatable bonds is 5. The maximum atomic E-state index is 9.87. The first kappa shape index (κ1) is 13.4. The highest BCUT2D eigenvalue weighted by Gasteiger charge is 2.58. The molecule has 2 saturated carbocycles. The van der Waals surface area contributed by atoms with Crippen molar-refractivity contribution in [2.24, 2.45) is 16.7 Å². The molecule has 2 nitrogen and oxygen atoms in total. The van der Waals surface area contributed by atoms with E-state index in [0.29, 0.717) is 16.9 Å². The highest BCUT2D eigenvalue weighted by Crippen LogP contribution is 2.62. The van der Waals surface area contributed by atoms with Crippen LogP contribution in [0.2, 0.25) is 0 Å². The minimum Gasteiger partial charge on any atom is -0.392 e. The molecule has 2 bridgehead atoms. The van der Waals surface area contributed by atoms with Crippen LogP contribution in [-0.4, -0.2) is 23.8 Å². The van der Waals surface area contributed by atoms with Crippen molar-refractivity contribution in [3.8, 4) is 0 Å². The minimum absolute atomic E-state index is 0.168. The van der Waals surface area contributed by atoms with Gasteiger partial charge in [0.1, 0.15) is 0 Å². The third kappa shape index (κ3) is 2.26. The second-order valence-electron chi connectivity index (χ2n) is 7.20. The van der Waals surface area contributed by atoms with Crippen LogP contribution >= 0.6 is 0 Å². The average molecular weight is 239 g/mol. The third-order valence-electron chi connectivity index (χ3n) is 5.45. The van der Waals surface area contributed by atoms with Crippen molar-refractivity contribution >= 4 is 0 Å². The van der Waals surface area contributed by atoms with Gasteiger partial charge < -0.3 is 10.4 Å². The monoisotopic (exact) mass is 239 g/mol. The maximum Gasteiger partial charge on any atom is 0.0664 e. The molecule has 0 spiro atoms. The van der Waals surface area contributed by atoms with Crippen LogP contribution in [-0.2, 0) is 0 Å². The van der Waals surface area contributed by atoms with Gasteiger partial charge in [0.15, 0.2) is 0 Å². The summed E-state index contributed by atoms with van der Waals surface area (Å²) in [5.41, 5.74) is 0.874. The molecule has 0 aliphatic heterocycles. The summed E-state index contributed by atoms with van der Waals surface area (Å²) in [6.45, 7) is 10.2. The highest BCUT2D eigenvalue weighted by atomic mass is 16.3. The average Bonchev–Trinajstić information content (AvgIpc) is 2.69. The zero-order valence-corrected chi connectivity index (χ0v) is 11.9. The normalized spacial score (nSPS) is 40.8. The zero-order chi connectivity index (χ0) is 12.7. The molecule has 2 aliphatic rings. The van der Waals surface area contributed by atoms with Gasteiger partial charge in [0.05, 0.1) is 6.10 Å². The van der Waals surface area contributed by atoms with E-state index in [1.807, 2.05) is 0 Å². The highest BCUT2D eigenvalue weighted by molar-refractivity contribution is 5.12. The van der Waals surface area contributed by atoms with Crippen LogP contribution in [0.4, 0.5) is 0 Å². The first-order valence-corrected chi connectivity index (χ1v) is 7.31. The summed E-state index contributed by atoms with van der Waals surface area (Å²) in [6, 6.07) is 0.584. The number of aliphatic hydroxyl groups excluding tert-OH is 1. The predicted octanol–water partition coefficient (Wildman–Crippen LogP) is 2.95. The number of aliphatic hydroxyl groups is 1. The number of hydrogen-bond acceptors (Lipinski definition) is 2. The smallest absolute Gasteiger partial charge is 0.0664 e. The topological polar surface area (TPSA) is 32.3 Å². The zero-order valence-electron chi connectivity index (χ0n) is 11.9. The van der Waals surface area contributed by atoms with E-state index < -0.39 is 0 Å². The Hall–Kier alpha value is -0.0800. The molecule has 0 radical (unpaired) electrons. The van der Waals surface area contributed by atoms with Crippen molar-refractivity contribution < 1.29 is 5.11 Å². The Morgan fingerprint density at radius 1 is 1.35 bits per heavy atom. The summed E-state index contributed by atoms with van der Waals surface area (Å²) >= 11 is 0. The fraction of sp³-hybridized carbons (Fsp3) is 1.00. The van der Waals surface area contributed by atoms with Crippen LogP contribution in [0.3, 0.4) is 0 Å². The lowest BCUT2D eigenvalue weighted by atomic mass is 9.68. The quantitative estimate of drug-likeness (QED) is 0.773. The lowest BCUT2D eigenvalue weighted by Gasteiger charge is -2.43. The lowest BCUT2D eigenvalue weighted by Crippen LogP contribution is -2.52. The minimum atomic E-state index is -0.168. The van der Waals surface area contributed by atoms with Crippen molar-refractivity contribution in [3.05, 3.63) is 0 Å². The summed E-state index contributed by atoms with van der Waals surface area (Å²) < 4.78 is 0. The van der Waals surface area contributed by atoms with E-state index >= 15 is 0 Å². The van der Waals surface area contributed by atoms with Crippen molar-refractivity contribution in [3.63, 3.8) is 0 Å². The number of hydrogen-bond donors (Lipinski definition) is 2. The Bertz CT molecular complexity index is 271. The van der Waals surface area contributed by atoms with Crippen LogP contribution in [0.15, 0.2) is 0 Å². The Morgan fingerprint density at radius 3 is 2.59 bits per heavy atom. The molecule has 2 N–H and O–H groups in total. The van der Waals surface area contributed by atoms with E-state index in [-0.39, 0.29) is 6.10 Å². The Morgan fingerprint density at radius 2 is 2.06 bits per heavy atom. The van der Waals surface area contributed by atoms with Gasteiger partial charge in [0.2, 0.25) is 0 Å². The van der Waals surface area contributed by atoms with E-state index in [1.54, 1.807) is 0 Å². The van der Waals surface area contributed by atoms with Crippen LogP contribution in [0, 0.1) is 16.7 Å². The SMILES string of the molecule is CCCC(O)CNC1C(C)(C)[C@H]2CC[C@]1(C)C2. The molecule has 2 fully saturated rings. The van der Waals surface area contributed by atoms with Gasteiger partial charge >= 0.3 is 0 Å². The van der Waals surface area contributed by atoms with Crippen LogP contribution in [0.1, 0.15) is 59.8 Å². The van der Waals surface area contributed by atoms with Gasteiger partial charge in [-0.25, -0.2) is 0 Å². The fourth-order valence-corrected chi connectivity index (χ4v) is 4.50. The summed E-state index contributed by atoms with van der Waals surface area (Å²) in [4.78, 5) is 0. The van der Waals surface area contributed by atoms with Gasteiger partial charge in [-0.2, -0.15) is 0 Å². The fourth-order valence-electron chi connectivity index (χ4n) is 4.50. The molecule has 4 atom stereocenters. The van der Waals surface area contributed by atoms with Gasteiger partial charge in [-0.3, -0.25) is 0 Å². The Balaban J connectivity index is 1.96. The van der Waals surface area contributed by atoms with E-state index in [9.17, 15) is 5.11 Å². The molecule has 0 aromatic carbocycles. The van der Waals surface area contributed by atoms with Gasteiger partial charge in [0, 0.05) is 12.6 Å². The Kier molecular flexibility index (Phi) is 3.57. The first-order chi connectivity index (χ1) is 7.90. The molecule has 0 amide bonds. The Labute approximate surface area is 106 Å². The van der Waals surface area contributed by atoms with Crippen LogP contribution < -0.4 is 5.32 Å². The van der Waals surface area contributed by atoms with Gasteiger partial charge in [0.25, 0.3) is 0 Å². The van der Waals surface area contributed by atoms with E-state index in [2.05, 4.69) is 33.0 Å². The molecule has 17 heavy (non-hydrogen) atoms. The molecule has 0 heterocycles. The molecule has 0 aromatic heterocycles. The maximum absolute atomic E-state index is 9.87. The molecular weight excluding hydrogens is 210 g/mol. The number of fused-ring (bicyclic) bond motifs is 2. The van der Waals surface area contributed by atoms with Crippen molar-refractivity contribution in [1.82, 2.24) is 5.32 Å². The van der Waals surface area contributed by atoms with Crippen LogP contribution in [0.25, 0.3) is 0 Å². The molecule has 2 heteroatoms. The molecule has 2 aliphatic carbocycles. The van der Waals surface area contributed by atoms with Crippen molar-refractivity contribution in [1.29, 1.82) is 0 Å². The first-order valence-electron chi connectivity index (χ1n) is 7.31.